The van der Waals surface area contributed by atoms with Gasteiger partial charge < -0.3 is 20.3 Å². The van der Waals surface area contributed by atoms with Gasteiger partial charge in [-0.05, 0) is 68.0 Å². The molecule has 2 atom stereocenters. The number of benzene rings is 4. The summed E-state index contributed by atoms with van der Waals surface area (Å²) in [5.74, 6) is -2.81. The van der Waals surface area contributed by atoms with Crippen molar-refractivity contribution in [2.24, 2.45) is 8.80 Å². The molecule has 302 valence electrons. The predicted octanol–water partition coefficient (Wildman–Crippen LogP) is 5.85. The number of likely N-dealkylation sites (tertiary alicyclic amines) is 1. The second-order valence-corrected chi connectivity index (χ2v) is 16.9. The zero-order chi connectivity index (χ0) is 41.3. The number of carbonyl (C=O) groups is 4. The predicted molar refractivity (Wildman–Crippen MR) is 219 cm³/mol. The Morgan fingerprint density at radius 1 is 0.621 bits per heavy atom. The number of hydrogen-bond acceptors (Lipinski definition) is 11. The minimum absolute atomic E-state index is 0.0165. The maximum absolute atomic E-state index is 13.1. The molecular formula is C42H43N5O9S2. The van der Waals surface area contributed by atoms with Crippen LogP contribution in [0.4, 0.5) is 11.4 Å². The van der Waals surface area contributed by atoms with Gasteiger partial charge in [0.25, 0.3) is 20.0 Å². The summed E-state index contributed by atoms with van der Waals surface area (Å²) in [6.07, 6.45) is 2.42. The first-order valence-electron chi connectivity index (χ1n) is 18.9. The molecule has 0 saturated carbocycles. The fourth-order valence-electron chi connectivity index (χ4n) is 6.88. The molecular weight excluding hydrogens is 783 g/mol. The third-order valence-electron chi connectivity index (χ3n) is 9.80. The number of amides is 1. The number of hydrogen-bond donors (Lipinski definition) is 2. The number of nitrogens with one attached hydrogen (secondary N) is 2. The molecule has 0 bridgehead atoms. The molecule has 2 unspecified atom stereocenters. The number of carbonyl (C=O) groups excluding carboxylic acids is 4. The fraction of sp³-hybridized carbons (Fsp3) is 0.286. The van der Waals surface area contributed by atoms with Crippen LogP contribution >= 0.6 is 0 Å². The molecule has 16 heteroatoms. The Hall–Kier alpha value is -6.00. The molecule has 0 aliphatic carbocycles. The minimum atomic E-state index is -3.94. The van der Waals surface area contributed by atoms with Gasteiger partial charge in [-0.25, -0.2) is 0 Å². The summed E-state index contributed by atoms with van der Waals surface area (Å²) in [6, 6.07) is 31.0. The van der Waals surface area contributed by atoms with E-state index in [-0.39, 0.29) is 53.2 Å². The van der Waals surface area contributed by atoms with Crippen molar-refractivity contribution < 1.29 is 40.8 Å². The van der Waals surface area contributed by atoms with E-state index >= 15 is 0 Å². The molecule has 0 radical (unpaired) electrons. The van der Waals surface area contributed by atoms with Crippen molar-refractivity contribution in [3.05, 3.63) is 120 Å². The van der Waals surface area contributed by atoms with Gasteiger partial charge in [0, 0.05) is 25.9 Å². The molecule has 3 aliphatic rings. The van der Waals surface area contributed by atoms with Crippen LogP contribution in [0.2, 0.25) is 0 Å². The van der Waals surface area contributed by atoms with Crippen molar-refractivity contribution in [1.82, 2.24) is 4.90 Å². The van der Waals surface area contributed by atoms with Gasteiger partial charge in [0.2, 0.25) is 5.91 Å². The monoisotopic (exact) mass is 825 g/mol. The van der Waals surface area contributed by atoms with Crippen LogP contribution in [0.3, 0.4) is 0 Å². The molecule has 14 nitrogen and oxygen atoms in total. The van der Waals surface area contributed by atoms with Crippen molar-refractivity contribution >= 4 is 66.5 Å². The molecule has 1 fully saturated rings. The largest absolute Gasteiger partial charge is 0.466 e. The number of amidine groups is 2. The lowest BCUT2D eigenvalue weighted by molar-refractivity contribution is -0.145. The lowest BCUT2D eigenvalue weighted by Crippen LogP contribution is -2.34. The zero-order valence-electron chi connectivity index (χ0n) is 31.7. The number of Topliss-reactive ketones (excluding diaryl/α,β-unsaturated/α-hetero) is 2. The van der Waals surface area contributed by atoms with E-state index < -0.39 is 49.4 Å². The highest BCUT2D eigenvalue weighted by molar-refractivity contribution is 7.91. The second-order valence-electron chi connectivity index (χ2n) is 13.7. The first-order valence-corrected chi connectivity index (χ1v) is 21.8. The lowest BCUT2D eigenvalue weighted by Gasteiger charge is -2.24. The topological polar surface area (TPSA) is 198 Å². The number of esters is 1. The minimum Gasteiger partial charge on any atom is -0.466 e. The van der Waals surface area contributed by atoms with E-state index in [1.165, 1.54) is 12.1 Å². The third-order valence-corrected chi connectivity index (χ3v) is 12.5. The van der Waals surface area contributed by atoms with Crippen LogP contribution in [0.5, 0.6) is 0 Å². The molecule has 1 amide bonds. The van der Waals surface area contributed by atoms with Gasteiger partial charge in [-0.2, -0.15) is 16.8 Å². The number of rotatable bonds is 13. The first kappa shape index (κ1) is 41.6. The Morgan fingerprint density at radius 3 is 1.50 bits per heavy atom. The summed E-state index contributed by atoms with van der Waals surface area (Å²) < 4.78 is 61.7. The number of nitrogens with zero attached hydrogens (tertiary/aromatic N) is 3. The van der Waals surface area contributed by atoms with Gasteiger partial charge in [-0.15, -0.1) is 8.80 Å². The number of fused-ring (bicyclic) bond motifs is 2. The zero-order valence-corrected chi connectivity index (χ0v) is 33.4. The van der Waals surface area contributed by atoms with Gasteiger partial charge in [0.15, 0.2) is 23.2 Å². The number of para-hydroxylation sites is 2. The highest BCUT2D eigenvalue weighted by Crippen LogP contribution is 2.31. The smallest absolute Gasteiger partial charge is 0.313 e. The maximum Gasteiger partial charge on any atom is 0.313 e. The molecule has 7 rings (SSSR count). The van der Waals surface area contributed by atoms with Crippen LogP contribution < -0.4 is 10.6 Å². The van der Waals surface area contributed by atoms with E-state index in [4.69, 9.17) is 4.74 Å². The van der Waals surface area contributed by atoms with E-state index in [9.17, 15) is 36.0 Å². The number of sulfonamides is 2. The molecule has 2 N–H and O–H groups in total. The van der Waals surface area contributed by atoms with Gasteiger partial charge >= 0.3 is 5.97 Å². The molecule has 4 aromatic rings. The van der Waals surface area contributed by atoms with Crippen molar-refractivity contribution in [3.8, 4) is 0 Å². The van der Waals surface area contributed by atoms with Crippen molar-refractivity contribution in [3.63, 3.8) is 0 Å². The Bertz CT molecular complexity index is 2450. The van der Waals surface area contributed by atoms with Crippen LogP contribution in [0.25, 0.3) is 0 Å². The normalized spacial score (nSPS) is 16.9. The molecule has 3 aliphatic heterocycles. The standard InChI is InChI=1S/C22H23N3O4S.C20H20N2O5S/c26-19(21-23-18-10-4-5-11-20(18)30(28,29)24-21)13-12-17(16-8-2-1-3-9-16)22(27)25-14-6-7-15-25;1-2-27-20(24)15(14-8-4-3-5-9-14)12-13-17(23)19-21-16-10-6-7-11-18(16)28(25,26)22-19/h1-5,8-11,17H,6-7,12-15H2,(H,23,24);3-11,15H,2,12-13H2,1H3,(H,21,22). The van der Waals surface area contributed by atoms with Gasteiger partial charge in [-0.3, -0.25) is 19.2 Å². The van der Waals surface area contributed by atoms with Crippen molar-refractivity contribution in [2.45, 2.75) is 67.1 Å². The lowest BCUT2D eigenvalue weighted by atomic mass is 9.91. The van der Waals surface area contributed by atoms with Crippen LogP contribution in [0, 0.1) is 0 Å². The Kier molecular flexibility index (Phi) is 13.3. The molecule has 58 heavy (non-hydrogen) atoms. The average Bonchev–Trinajstić information content (AvgIpc) is 3.77. The maximum atomic E-state index is 13.1. The van der Waals surface area contributed by atoms with Crippen LogP contribution in [-0.4, -0.2) is 76.5 Å². The molecule has 1 saturated heterocycles. The fourth-order valence-corrected chi connectivity index (χ4v) is 9.15. The highest BCUT2D eigenvalue weighted by Gasteiger charge is 2.32. The summed E-state index contributed by atoms with van der Waals surface area (Å²) in [5, 5.41) is 5.60. The van der Waals surface area contributed by atoms with Gasteiger partial charge in [-0.1, -0.05) is 84.9 Å². The molecule has 3 heterocycles. The average molecular weight is 826 g/mol. The number of anilines is 2. The summed E-state index contributed by atoms with van der Waals surface area (Å²) >= 11 is 0. The molecule has 0 aromatic heterocycles. The summed E-state index contributed by atoms with van der Waals surface area (Å²) in [7, 11) is -7.87. The second kappa shape index (κ2) is 18.5. The van der Waals surface area contributed by atoms with Crippen LogP contribution in [0.1, 0.15) is 68.4 Å². The van der Waals surface area contributed by atoms with E-state index in [1.54, 1.807) is 67.6 Å². The Labute approximate surface area is 337 Å². The Morgan fingerprint density at radius 2 is 1.03 bits per heavy atom. The quantitative estimate of drug-likeness (QED) is 0.153. The Balaban J connectivity index is 0.000000196. The van der Waals surface area contributed by atoms with E-state index in [2.05, 4.69) is 19.4 Å². The van der Waals surface area contributed by atoms with Crippen molar-refractivity contribution in [1.29, 1.82) is 0 Å². The third kappa shape index (κ3) is 9.92. The molecule has 0 spiro atoms. The van der Waals surface area contributed by atoms with E-state index in [0.717, 1.165) is 37.1 Å². The first-order chi connectivity index (χ1) is 27.9. The summed E-state index contributed by atoms with van der Waals surface area (Å²) in [5.41, 5.74) is 2.25. The van der Waals surface area contributed by atoms with Crippen LogP contribution in [0.15, 0.2) is 128 Å². The van der Waals surface area contributed by atoms with Gasteiger partial charge in [0.1, 0.15) is 9.79 Å². The summed E-state index contributed by atoms with van der Waals surface area (Å²) in [6.45, 7) is 3.42. The summed E-state index contributed by atoms with van der Waals surface area (Å²) in [4.78, 5) is 52.7. The SMILES string of the molecule is CCOC(=O)C(CCC(=O)C1=NS(=O)(=O)c2ccccc2N1)c1ccccc1.O=C(CCC(C(=O)N1CCCC1)c1ccccc1)C1=NS(=O)(=O)c2ccccc2N1. The number of ether oxygens (including phenoxy) is 1. The van der Waals surface area contributed by atoms with Crippen molar-refractivity contribution in [2.75, 3.05) is 30.3 Å². The van der Waals surface area contributed by atoms with Gasteiger partial charge in [0.05, 0.1) is 29.8 Å². The molecule has 4 aromatic carbocycles. The van der Waals surface area contributed by atoms with Crippen LogP contribution in [-0.2, 0) is 44.0 Å². The highest BCUT2D eigenvalue weighted by atomic mass is 32.2. The van der Waals surface area contributed by atoms with E-state index in [0.29, 0.717) is 17.8 Å². The number of ketones is 2. The van der Waals surface area contributed by atoms with E-state index in [1.807, 2.05) is 41.3 Å².